The molecule has 0 unspecified atom stereocenters. The lowest BCUT2D eigenvalue weighted by molar-refractivity contribution is -0.137. The van der Waals surface area contributed by atoms with E-state index in [1.165, 1.54) is 24.3 Å². The van der Waals surface area contributed by atoms with Gasteiger partial charge >= 0.3 is 12.1 Å². The zero-order valence-corrected chi connectivity index (χ0v) is 19.6. The predicted octanol–water partition coefficient (Wildman–Crippen LogP) is 4.92. The summed E-state index contributed by atoms with van der Waals surface area (Å²) in [6, 6.07) is 16.8. The van der Waals surface area contributed by atoms with Crippen molar-refractivity contribution in [1.82, 2.24) is 0 Å². The highest BCUT2D eigenvalue weighted by Gasteiger charge is 2.30. The van der Waals surface area contributed by atoms with E-state index in [1.54, 1.807) is 37.3 Å². The van der Waals surface area contributed by atoms with Gasteiger partial charge in [0.05, 0.1) is 17.9 Å². The van der Waals surface area contributed by atoms with E-state index in [-0.39, 0.29) is 17.0 Å². The molecule has 11 heteroatoms. The summed E-state index contributed by atoms with van der Waals surface area (Å²) in [5.41, 5.74) is -0.601. The molecule has 0 fully saturated rings. The first-order chi connectivity index (χ1) is 17.7. The molecule has 0 radical (unpaired) electrons. The molecule has 0 atom stereocenters. The molecule has 0 aliphatic carbocycles. The topological polar surface area (TPSA) is 103 Å². The van der Waals surface area contributed by atoms with E-state index in [1.807, 2.05) is 0 Å². The Morgan fingerprint density at radius 1 is 0.784 bits per heavy atom. The van der Waals surface area contributed by atoms with Crippen LogP contribution in [0.5, 0.6) is 11.5 Å². The van der Waals surface area contributed by atoms with E-state index in [0.29, 0.717) is 18.0 Å². The van der Waals surface area contributed by atoms with Crippen LogP contribution in [0.25, 0.3) is 0 Å². The van der Waals surface area contributed by atoms with E-state index in [4.69, 9.17) is 14.2 Å². The minimum absolute atomic E-state index is 0.00575. The summed E-state index contributed by atoms with van der Waals surface area (Å²) < 4.78 is 54.4. The van der Waals surface area contributed by atoms with Crippen LogP contribution in [0.3, 0.4) is 0 Å². The lowest BCUT2D eigenvalue weighted by Crippen LogP contribution is -2.23. The van der Waals surface area contributed by atoms with Gasteiger partial charge in [-0.15, -0.1) is 0 Å². The number of hydrogen-bond donors (Lipinski definition) is 2. The zero-order chi connectivity index (χ0) is 26.8. The standard InChI is InChI=1S/C26H23F3N2O6/c1-2-35-22-13-6-4-11-20(22)31-24(33)16-37-25(34)19-10-3-5-12-21(19)36-15-23(32)30-18-9-7-8-17(14-18)26(27,28)29/h3-14H,2,15-16H2,1H3,(H,30,32)(H,31,33). The second-order valence-electron chi connectivity index (χ2n) is 7.47. The number of amides is 2. The highest BCUT2D eigenvalue weighted by molar-refractivity contribution is 5.97. The summed E-state index contributed by atoms with van der Waals surface area (Å²) in [6.07, 6.45) is -4.56. The van der Waals surface area contributed by atoms with Crippen molar-refractivity contribution < 1.29 is 41.8 Å². The normalized spacial score (nSPS) is 10.8. The van der Waals surface area contributed by atoms with Crippen LogP contribution in [-0.2, 0) is 20.5 Å². The highest BCUT2D eigenvalue weighted by Crippen LogP contribution is 2.30. The average Bonchev–Trinajstić information content (AvgIpc) is 2.87. The largest absolute Gasteiger partial charge is 0.492 e. The maximum Gasteiger partial charge on any atom is 0.416 e. The number of esters is 1. The van der Waals surface area contributed by atoms with Gasteiger partial charge in [0.25, 0.3) is 11.8 Å². The Morgan fingerprint density at radius 3 is 2.19 bits per heavy atom. The minimum atomic E-state index is -4.56. The molecule has 0 spiro atoms. The predicted molar refractivity (Wildman–Crippen MR) is 129 cm³/mol. The molecule has 194 valence electrons. The molecule has 0 aromatic heterocycles. The Hall–Kier alpha value is -4.54. The summed E-state index contributed by atoms with van der Waals surface area (Å²) >= 11 is 0. The fourth-order valence-electron chi connectivity index (χ4n) is 3.12. The number of hydrogen-bond acceptors (Lipinski definition) is 6. The van der Waals surface area contributed by atoms with Crippen molar-refractivity contribution >= 4 is 29.2 Å². The quantitative estimate of drug-likeness (QED) is 0.371. The van der Waals surface area contributed by atoms with Crippen molar-refractivity contribution in [2.24, 2.45) is 0 Å². The minimum Gasteiger partial charge on any atom is -0.492 e. The number of para-hydroxylation sites is 3. The lowest BCUT2D eigenvalue weighted by Gasteiger charge is -2.13. The number of halogens is 3. The smallest absolute Gasteiger partial charge is 0.416 e. The van der Waals surface area contributed by atoms with Crippen molar-refractivity contribution in [1.29, 1.82) is 0 Å². The molecule has 0 heterocycles. The Morgan fingerprint density at radius 2 is 1.46 bits per heavy atom. The molecular formula is C26H23F3N2O6. The Kier molecular flexibility index (Phi) is 9.09. The molecule has 8 nitrogen and oxygen atoms in total. The van der Waals surface area contributed by atoms with Crippen LogP contribution in [0.1, 0.15) is 22.8 Å². The van der Waals surface area contributed by atoms with Gasteiger partial charge in [0, 0.05) is 5.69 Å². The number of carbonyl (C=O) groups excluding carboxylic acids is 3. The molecule has 3 aromatic rings. The van der Waals surface area contributed by atoms with Gasteiger partial charge in [0.1, 0.15) is 17.1 Å². The van der Waals surface area contributed by atoms with Crippen molar-refractivity contribution in [2.75, 3.05) is 30.5 Å². The molecule has 0 saturated carbocycles. The molecule has 0 aliphatic heterocycles. The molecule has 3 rings (SSSR count). The lowest BCUT2D eigenvalue weighted by atomic mass is 10.2. The van der Waals surface area contributed by atoms with Crippen molar-refractivity contribution in [3.05, 3.63) is 83.9 Å². The van der Waals surface area contributed by atoms with Crippen LogP contribution >= 0.6 is 0 Å². The van der Waals surface area contributed by atoms with Crippen LogP contribution < -0.4 is 20.1 Å². The number of nitrogens with one attached hydrogen (secondary N) is 2. The molecule has 37 heavy (non-hydrogen) atoms. The first-order valence-corrected chi connectivity index (χ1v) is 11.0. The van der Waals surface area contributed by atoms with Crippen LogP contribution in [0, 0.1) is 0 Å². The second-order valence-corrected chi connectivity index (χ2v) is 7.47. The van der Waals surface area contributed by atoms with Crippen molar-refractivity contribution in [2.45, 2.75) is 13.1 Å². The van der Waals surface area contributed by atoms with Crippen LogP contribution in [-0.4, -0.2) is 37.6 Å². The maximum absolute atomic E-state index is 12.9. The molecule has 2 N–H and O–H groups in total. The number of benzene rings is 3. The first-order valence-electron chi connectivity index (χ1n) is 11.0. The summed E-state index contributed by atoms with van der Waals surface area (Å²) in [5.74, 6) is -1.75. The van der Waals surface area contributed by atoms with Gasteiger partial charge in [-0.3, -0.25) is 9.59 Å². The monoisotopic (exact) mass is 516 g/mol. The maximum atomic E-state index is 12.9. The number of alkyl halides is 3. The van der Waals surface area contributed by atoms with Crippen LogP contribution in [0.15, 0.2) is 72.8 Å². The number of rotatable bonds is 10. The number of ether oxygens (including phenoxy) is 3. The van der Waals surface area contributed by atoms with E-state index >= 15 is 0 Å². The SMILES string of the molecule is CCOc1ccccc1NC(=O)COC(=O)c1ccccc1OCC(=O)Nc1cccc(C(F)(F)F)c1. The summed E-state index contributed by atoms with van der Waals surface area (Å²) in [6.45, 7) is 1.02. The van der Waals surface area contributed by atoms with Gasteiger partial charge < -0.3 is 24.8 Å². The number of carbonyl (C=O) groups is 3. The molecule has 0 aliphatic rings. The Bertz CT molecular complexity index is 1260. The van der Waals surface area contributed by atoms with Crippen molar-refractivity contribution in [3.63, 3.8) is 0 Å². The van der Waals surface area contributed by atoms with E-state index in [2.05, 4.69) is 10.6 Å². The molecular weight excluding hydrogens is 493 g/mol. The molecule has 3 aromatic carbocycles. The third-order valence-corrected chi connectivity index (χ3v) is 4.73. The fraction of sp³-hybridized carbons (Fsp3) is 0.192. The third kappa shape index (κ3) is 7.99. The van der Waals surface area contributed by atoms with Gasteiger partial charge in [0.15, 0.2) is 13.2 Å². The van der Waals surface area contributed by atoms with Gasteiger partial charge in [-0.1, -0.05) is 30.3 Å². The van der Waals surface area contributed by atoms with E-state index in [0.717, 1.165) is 18.2 Å². The van der Waals surface area contributed by atoms with Gasteiger partial charge in [0.2, 0.25) is 0 Å². The summed E-state index contributed by atoms with van der Waals surface area (Å²) in [4.78, 5) is 37.0. The van der Waals surface area contributed by atoms with Gasteiger partial charge in [-0.05, 0) is 49.4 Å². The van der Waals surface area contributed by atoms with Gasteiger partial charge in [-0.25, -0.2) is 4.79 Å². The van der Waals surface area contributed by atoms with E-state index < -0.39 is 42.7 Å². The summed E-state index contributed by atoms with van der Waals surface area (Å²) in [7, 11) is 0. The summed E-state index contributed by atoms with van der Waals surface area (Å²) in [5, 5.41) is 4.90. The Balaban J connectivity index is 1.56. The average molecular weight is 516 g/mol. The molecule has 0 bridgehead atoms. The van der Waals surface area contributed by atoms with Crippen molar-refractivity contribution in [3.8, 4) is 11.5 Å². The third-order valence-electron chi connectivity index (χ3n) is 4.73. The van der Waals surface area contributed by atoms with E-state index in [9.17, 15) is 27.6 Å². The second kappa shape index (κ2) is 12.4. The van der Waals surface area contributed by atoms with Gasteiger partial charge in [-0.2, -0.15) is 13.2 Å². The molecule has 0 saturated heterocycles. The Labute approximate surface area is 210 Å². The molecule has 2 amide bonds. The first kappa shape index (κ1) is 27.1. The fourth-order valence-corrected chi connectivity index (χ4v) is 3.12. The number of anilines is 2. The zero-order valence-electron chi connectivity index (χ0n) is 19.6. The van der Waals surface area contributed by atoms with Crippen LogP contribution in [0.4, 0.5) is 24.5 Å². The van der Waals surface area contributed by atoms with Crippen LogP contribution in [0.2, 0.25) is 0 Å². The highest BCUT2D eigenvalue weighted by atomic mass is 19.4.